The second kappa shape index (κ2) is 6.82. The van der Waals surface area contributed by atoms with Crippen molar-refractivity contribution in [1.82, 2.24) is 0 Å². The number of quaternary nitrogens is 1. The van der Waals surface area contributed by atoms with Crippen molar-refractivity contribution in [3.8, 4) is 0 Å². The number of halogens is 1. The van der Waals surface area contributed by atoms with Gasteiger partial charge in [0.15, 0.2) is 6.04 Å². The molecule has 3 N–H and O–H groups in total. The third kappa shape index (κ3) is 4.38. The minimum absolute atomic E-state index is 0. The number of esters is 1. The Balaban J connectivity index is 0.00000256. The van der Waals surface area contributed by atoms with Crippen LogP contribution in [0.5, 0.6) is 0 Å². The summed E-state index contributed by atoms with van der Waals surface area (Å²) in [4.78, 5) is 21.0. The van der Waals surface area contributed by atoms with Gasteiger partial charge in [0.1, 0.15) is 0 Å². The van der Waals surface area contributed by atoms with E-state index in [0.717, 1.165) is 5.56 Å². The van der Waals surface area contributed by atoms with Gasteiger partial charge in [-0.1, -0.05) is 12.1 Å². The minimum atomic E-state index is -0.494. The summed E-state index contributed by atoms with van der Waals surface area (Å²) in [5, 5.41) is 10.4. The van der Waals surface area contributed by atoms with Crippen LogP contribution in [-0.2, 0) is 16.0 Å². The predicted molar refractivity (Wildman–Crippen MR) is 55.5 cm³/mol. The molecule has 0 aliphatic heterocycles. The van der Waals surface area contributed by atoms with Crippen LogP contribution in [0.4, 0.5) is 5.69 Å². The third-order valence-corrected chi connectivity index (χ3v) is 2.16. The van der Waals surface area contributed by atoms with E-state index in [1.54, 1.807) is 12.1 Å². The maximum Gasteiger partial charge on any atom is 0.364 e. The molecule has 0 amide bonds. The number of hydrogen-bond donors (Lipinski definition) is 1. The van der Waals surface area contributed by atoms with Gasteiger partial charge >= 0.3 is 5.97 Å². The molecule has 1 rings (SSSR count). The Morgan fingerprint density at radius 2 is 2.00 bits per heavy atom. The molecule has 1 atom stereocenters. The first-order chi connectivity index (χ1) is 7.54. The Morgan fingerprint density at radius 1 is 1.47 bits per heavy atom. The van der Waals surface area contributed by atoms with E-state index in [-0.39, 0.29) is 18.1 Å². The lowest BCUT2D eigenvalue weighted by Crippen LogP contribution is -3.00. The predicted octanol–water partition coefficient (Wildman–Crippen LogP) is -3.08. The van der Waals surface area contributed by atoms with Crippen molar-refractivity contribution in [3.63, 3.8) is 0 Å². The summed E-state index contributed by atoms with van der Waals surface area (Å²) in [5.74, 6) is -0.390. The smallest absolute Gasteiger partial charge is 0.364 e. The van der Waals surface area contributed by atoms with Gasteiger partial charge in [0.2, 0.25) is 0 Å². The molecule has 7 heteroatoms. The standard InChI is InChI=1S/C10H12N2O4.ClH/c1-16-10(13)9(11)6-7-2-4-8(5-3-7)12(14)15;/h2-5,9H,6,11H2,1H3;1H. The molecule has 0 saturated carbocycles. The molecule has 0 aliphatic rings. The topological polar surface area (TPSA) is 97.1 Å². The Bertz CT molecular complexity index is 394. The van der Waals surface area contributed by atoms with Crippen LogP contribution in [0, 0.1) is 10.1 Å². The summed E-state index contributed by atoms with van der Waals surface area (Å²) < 4.78 is 4.54. The molecule has 1 aromatic rings. The highest BCUT2D eigenvalue weighted by molar-refractivity contribution is 5.74. The van der Waals surface area contributed by atoms with Crippen molar-refractivity contribution in [2.24, 2.45) is 0 Å². The summed E-state index contributed by atoms with van der Waals surface area (Å²) >= 11 is 0. The van der Waals surface area contributed by atoms with E-state index in [1.807, 2.05) is 0 Å². The highest BCUT2D eigenvalue weighted by Gasteiger charge is 2.18. The maximum atomic E-state index is 11.1. The number of methoxy groups -OCH3 is 1. The van der Waals surface area contributed by atoms with Gasteiger partial charge < -0.3 is 22.9 Å². The highest BCUT2D eigenvalue weighted by atomic mass is 35.5. The quantitative estimate of drug-likeness (QED) is 0.353. The molecular formula is C10H13ClN2O4. The minimum Gasteiger partial charge on any atom is -1.00 e. The lowest BCUT2D eigenvalue weighted by molar-refractivity contribution is -0.407. The molecule has 6 nitrogen and oxygen atoms in total. The zero-order chi connectivity index (χ0) is 12.1. The first-order valence-corrected chi connectivity index (χ1v) is 4.69. The van der Waals surface area contributed by atoms with E-state index in [2.05, 4.69) is 10.5 Å². The summed E-state index contributed by atoms with van der Waals surface area (Å²) in [6.45, 7) is 0. The Hall–Kier alpha value is -1.66. The fraction of sp³-hybridized carbons (Fsp3) is 0.300. The third-order valence-electron chi connectivity index (χ3n) is 2.16. The lowest BCUT2D eigenvalue weighted by Gasteiger charge is -2.05. The van der Waals surface area contributed by atoms with Gasteiger partial charge in [0, 0.05) is 18.6 Å². The summed E-state index contributed by atoms with van der Waals surface area (Å²) in [6.07, 6.45) is 0.407. The van der Waals surface area contributed by atoms with Crippen LogP contribution in [0.1, 0.15) is 5.56 Å². The number of ether oxygens (including phenoxy) is 1. The number of hydrogen-bond acceptors (Lipinski definition) is 4. The average Bonchev–Trinajstić information content (AvgIpc) is 2.28. The van der Waals surface area contributed by atoms with Gasteiger partial charge in [-0.3, -0.25) is 10.1 Å². The van der Waals surface area contributed by atoms with Gasteiger partial charge in [-0.05, 0) is 5.56 Å². The van der Waals surface area contributed by atoms with Crippen molar-refractivity contribution in [3.05, 3.63) is 39.9 Å². The number of nitrogens with zero attached hydrogens (tertiary/aromatic N) is 1. The monoisotopic (exact) mass is 260 g/mol. The van der Waals surface area contributed by atoms with Gasteiger partial charge in [0.25, 0.3) is 5.69 Å². The molecular weight excluding hydrogens is 248 g/mol. The SMILES string of the molecule is COC(=O)C([NH3+])Cc1ccc([N+](=O)[O-])cc1.[Cl-]. The molecule has 0 aliphatic carbocycles. The molecule has 0 aromatic heterocycles. The molecule has 0 saturated heterocycles. The van der Waals surface area contributed by atoms with Crippen molar-refractivity contribution >= 4 is 11.7 Å². The van der Waals surface area contributed by atoms with E-state index >= 15 is 0 Å². The number of carbonyl (C=O) groups is 1. The van der Waals surface area contributed by atoms with Gasteiger partial charge in [-0.2, -0.15) is 0 Å². The zero-order valence-corrected chi connectivity index (χ0v) is 10.0. The van der Waals surface area contributed by atoms with Crippen LogP contribution in [0.15, 0.2) is 24.3 Å². The fourth-order valence-electron chi connectivity index (χ4n) is 1.29. The fourth-order valence-corrected chi connectivity index (χ4v) is 1.29. The van der Waals surface area contributed by atoms with Crippen LogP contribution in [0.25, 0.3) is 0 Å². The summed E-state index contributed by atoms with van der Waals surface area (Å²) in [7, 11) is 1.30. The maximum absolute atomic E-state index is 11.1. The van der Waals surface area contributed by atoms with E-state index in [9.17, 15) is 14.9 Å². The summed E-state index contributed by atoms with van der Waals surface area (Å²) in [5.41, 5.74) is 4.50. The number of rotatable bonds is 4. The number of nitro groups is 1. The molecule has 1 aromatic carbocycles. The van der Waals surface area contributed by atoms with Crippen molar-refractivity contribution in [2.45, 2.75) is 12.5 Å². The molecule has 0 radical (unpaired) electrons. The van der Waals surface area contributed by atoms with Gasteiger partial charge in [-0.25, -0.2) is 4.79 Å². The first-order valence-electron chi connectivity index (χ1n) is 4.69. The lowest BCUT2D eigenvalue weighted by atomic mass is 10.1. The zero-order valence-electron chi connectivity index (χ0n) is 9.26. The van der Waals surface area contributed by atoms with Crippen LogP contribution < -0.4 is 18.1 Å². The Morgan fingerprint density at radius 3 is 2.41 bits per heavy atom. The van der Waals surface area contributed by atoms with Gasteiger partial charge in [0.05, 0.1) is 12.0 Å². The largest absolute Gasteiger partial charge is 1.00 e. The van der Waals surface area contributed by atoms with Crippen LogP contribution in [0.2, 0.25) is 0 Å². The van der Waals surface area contributed by atoms with Crippen molar-refractivity contribution < 1.29 is 32.6 Å². The Labute approximate surface area is 104 Å². The molecule has 94 valence electrons. The number of carbonyl (C=O) groups excluding carboxylic acids is 1. The van der Waals surface area contributed by atoms with Crippen LogP contribution in [0.3, 0.4) is 0 Å². The molecule has 17 heavy (non-hydrogen) atoms. The highest BCUT2D eigenvalue weighted by Crippen LogP contribution is 2.12. The average molecular weight is 261 g/mol. The van der Waals surface area contributed by atoms with Crippen molar-refractivity contribution in [1.29, 1.82) is 0 Å². The second-order valence-electron chi connectivity index (χ2n) is 3.35. The van der Waals surface area contributed by atoms with Gasteiger partial charge in [-0.15, -0.1) is 0 Å². The summed E-state index contributed by atoms with van der Waals surface area (Å²) in [6, 6.07) is 5.53. The van der Waals surface area contributed by atoms with Crippen molar-refractivity contribution in [2.75, 3.05) is 7.11 Å². The number of benzene rings is 1. The van der Waals surface area contributed by atoms with E-state index in [1.165, 1.54) is 19.2 Å². The number of nitro benzene ring substituents is 1. The van der Waals surface area contributed by atoms with Crippen LogP contribution >= 0.6 is 0 Å². The number of non-ortho nitro benzene ring substituents is 1. The molecule has 0 heterocycles. The first kappa shape index (κ1) is 15.3. The second-order valence-corrected chi connectivity index (χ2v) is 3.35. The molecule has 1 unspecified atom stereocenters. The van der Waals surface area contributed by atoms with E-state index in [0.29, 0.717) is 6.42 Å². The Kier molecular flexibility index (Phi) is 6.16. The van der Waals surface area contributed by atoms with E-state index in [4.69, 9.17) is 0 Å². The van der Waals surface area contributed by atoms with E-state index < -0.39 is 16.9 Å². The van der Waals surface area contributed by atoms with Crippen LogP contribution in [-0.4, -0.2) is 24.0 Å². The molecule has 0 spiro atoms. The molecule has 0 bridgehead atoms. The molecule has 0 fully saturated rings. The normalized spacial score (nSPS) is 11.2.